The van der Waals surface area contributed by atoms with E-state index in [-0.39, 0.29) is 5.78 Å². The molecule has 0 bridgehead atoms. The normalized spacial score (nSPS) is 18.0. The molecule has 136 valence electrons. The van der Waals surface area contributed by atoms with Gasteiger partial charge in [-0.3, -0.25) is 4.79 Å². The van der Waals surface area contributed by atoms with E-state index >= 15 is 0 Å². The van der Waals surface area contributed by atoms with E-state index in [0.717, 1.165) is 0 Å². The summed E-state index contributed by atoms with van der Waals surface area (Å²) in [4.78, 5) is 11.4. The Morgan fingerprint density at radius 2 is 1.35 bits per heavy atom. The highest BCUT2D eigenvalue weighted by Crippen LogP contribution is 2.25. The van der Waals surface area contributed by atoms with Gasteiger partial charge in [-0.15, -0.1) is 0 Å². The highest BCUT2D eigenvalue weighted by molar-refractivity contribution is 6.60. The van der Waals surface area contributed by atoms with Crippen molar-refractivity contribution in [3.8, 4) is 0 Å². The van der Waals surface area contributed by atoms with Crippen molar-refractivity contribution in [2.24, 2.45) is 0 Å². The quantitative estimate of drug-likeness (QED) is 0.271. The molecule has 0 rings (SSSR count). The van der Waals surface area contributed by atoms with Crippen molar-refractivity contribution in [1.29, 1.82) is 0 Å². The summed E-state index contributed by atoms with van der Waals surface area (Å²) in [5.41, 5.74) is 0. The van der Waals surface area contributed by atoms with E-state index < -0.39 is 27.7 Å². The molecule has 0 aliphatic rings. The summed E-state index contributed by atoms with van der Waals surface area (Å²) < 4.78 is 33.3. The molecule has 0 aliphatic heterocycles. The summed E-state index contributed by atoms with van der Waals surface area (Å²) in [7, 11) is 1.41. The number of carbonyl (C=O) groups is 1. The highest BCUT2D eigenvalue weighted by atomic mass is 28.4. The van der Waals surface area contributed by atoms with Crippen molar-refractivity contribution in [2.45, 2.75) is 58.5 Å². The number of allylic oxidation sites excluding steroid dienone is 1. The van der Waals surface area contributed by atoms with Gasteiger partial charge in [-0.05, 0) is 33.3 Å². The smallest absolute Gasteiger partial charge is 0.357 e. The number of carbonyl (C=O) groups excluding carboxylic acids is 1. The lowest BCUT2D eigenvalue weighted by Gasteiger charge is -2.35. The minimum atomic E-state index is -3.19. The van der Waals surface area contributed by atoms with Gasteiger partial charge in [0.2, 0.25) is 0 Å². The Morgan fingerprint density at radius 1 is 0.957 bits per heavy atom. The second-order valence-corrected chi connectivity index (χ2v) is 7.54. The van der Waals surface area contributed by atoms with E-state index in [1.54, 1.807) is 20.8 Å². The molecule has 23 heavy (non-hydrogen) atoms. The van der Waals surface area contributed by atoms with E-state index in [1.165, 1.54) is 27.4 Å². The van der Waals surface area contributed by atoms with Crippen LogP contribution < -0.4 is 0 Å². The first-order valence-corrected chi connectivity index (χ1v) is 9.52. The molecule has 0 fully saturated rings. The molecule has 0 saturated carbocycles. The molecule has 3 atom stereocenters. The van der Waals surface area contributed by atoms with Crippen LogP contribution in [0.4, 0.5) is 0 Å². The van der Waals surface area contributed by atoms with E-state index in [0.29, 0.717) is 18.9 Å². The number of hydrogen-bond donors (Lipinski definition) is 0. The molecule has 3 unspecified atom stereocenters. The predicted molar refractivity (Wildman–Crippen MR) is 87.7 cm³/mol. The lowest BCUT2D eigenvalue weighted by molar-refractivity contribution is -0.163. The van der Waals surface area contributed by atoms with Gasteiger partial charge in [0.05, 0.1) is 0 Å². The average Bonchev–Trinajstić information content (AvgIpc) is 2.53. The molecule has 0 N–H and O–H groups in total. The first kappa shape index (κ1) is 22.4. The molecule has 0 aromatic carbocycles. The SMILES string of the molecule is C=CC(=O)CCC[Si](OC(C)OC)(OC(C)OC)OC(C)OC. The fourth-order valence-electron chi connectivity index (χ4n) is 1.74. The number of ketones is 1. The Bertz CT molecular complexity index is 319. The number of hydrogen-bond acceptors (Lipinski definition) is 7. The van der Waals surface area contributed by atoms with Crippen molar-refractivity contribution in [3.63, 3.8) is 0 Å². The first-order chi connectivity index (χ1) is 10.8. The van der Waals surface area contributed by atoms with Gasteiger partial charge in [0.25, 0.3) is 0 Å². The molecular formula is C15H30O7Si. The number of rotatable bonds is 14. The van der Waals surface area contributed by atoms with E-state index in [9.17, 15) is 4.79 Å². The summed E-state index contributed by atoms with van der Waals surface area (Å²) >= 11 is 0. The third-order valence-electron chi connectivity index (χ3n) is 3.17. The van der Waals surface area contributed by atoms with E-state index in [1.807, 2.05) is 0 Å². The van der Waals surface area contributed by atoms with Crippen LogP contribution in [0.25, 0.3) is 0 Å². The van der Waals surface area contributed by atoms with Gasteiger partial charge in [-0.25, -0.2) is 0 Å². The Kier molecular flexibility index (Phi) is 11.5. The molecule has 0 amide bonds. The van der Waals surface area contributed by atoms with Crippen LogP contribution in [0.15, 0.2) is 12.7 Å². The monoisotopic (exact) mass is 350 g/mol. The van der Waals surface area contributed by atoms with Crippen LogP contribution in [-0.4, -0.2) is 54.8 Å². The minimum absolute atomic E-state index is 0.0349. The molecule has 0 aromatic rings. The maximum Gasteiger partial charge on any atom is 0.506 e. The Balaban J connectivity index is 5.16. The predicted octanol–water partition coefficient (Wildman–Crippen LogP) is 2.49. The number of methoxy groups -OCH3 is 3. The van der Waals surface area contributed by atoms with Crippen LogP contribution in [0, 0.1) is 0 Å². The summed E-state index contributed by atoms with van der Waals surface area (Å²) in [5.74, 6) is -0.0349. The average molecular weight is 350 g/mol. The summed E-state index contributed by atoms with van der Waals surface area (Å²) in [6.07, 6.45) is 0.623. The van der Waals surface area contributed by atoms with Gasteiger partial charge in [0.15, 0.2) is 5.78 Å². The van der Waals surface area contributed by atoms with Gasteiger partial charge < -0.3 is 27.5 Å². The van der Waals surface area contributed by atoms with Gasteiger partial charge in [-0.1, -0.05) is 6.58 Å². The zero-order valence-electron chi connectivity index (χ0n) is 15.0. The van der Waals surface area contributed by atoms with Gasteiger partial charge in [0.1, 0.15) is 18.9 Å². The van der Waals surface area contributed by atoms with Crippen LogP contribution in [0.3, 0.4) is 0 Å². The van der Waals surface area contributed by atoms with Crippen molar-refractivity contribution in [2.75, 3.05) is 21.3 Å². The van der Waals surface area contributed by atoms with Gasteiger partial charge in [0, 0.05) is 33.8 Å². The van der Waals surface area contributed by atoms with Crippen LogP contribution in [0.2, 0.25) is 6.04 Å². The first-order valence-electron chi connectivity index (χ1n) is 7.59. The molecule has 0 radical (unpaired) electrons. The van der Waals surface area contributed by atoms with E-state index in [4.69, 9.17) is 27.5 Å². The third-order valence-corrected chi connectivity index (χ3v) is 6.21. The third kappa shape index (κ3) is 9.31. The lowest BCUT2D eigenvalue weighted by atomic mass is 10.2. The molecule has 0 spiro atoms. The topological polar surface area (TPSA) is 72.5 Å². The standard InChI is InChI=1S/C15H30O7Si/c1-8-15(16)10-9-11-23(20-12(2)17-5,21-13(3)18-6)22-14(4)19-7/h8,12-14H,1,9-11H2,2-7H3. The second kappa shape index (κ2) is 11.9. The van der Waals surface area contributed by atoms with Crippen molar-refractivity contribution in [3.05, 3.63) is 12.7 Å². The minimum Gasteiger partial charge on any atom is -0.357 e. The van der Waals surface area contributed by atoms with Crippen LogP contribution in [-0.2, 0) is 32.3 Å². The Hall–Kier alpha value is -0.613. The maximum atomic E-state index is 11.4. The summed E-state index contributed by atoms with van der Waals surface area (Å²) in [6.45, 7) is 8.71. The largest absolute Gasteiger partial charge is 0.506 e. The molecule has 0 aliphatic carbocycles. The molecular weight excluding hydrogens is 320 g/mol. The van der Waals surface area contributed by atoms with Crippen LogP contribution in [0.1, 0.15) is 33.6 Å². The molecule has 0 saturated heterocycles. The van der Waals surface area contributed by atoms with Crippen molar-refractivity contribution < 1.29 is 32.3 Å². The van der Waals surface area contributed by atoms with E-state index in [2.05, 4.69) is 6.58 Å². The lowest BCUT2D eigenvalue weighted by Crippen LogP contribution is -2.52. The second-order valence-electron chi connectivity index (χ2n) is 4.97. The molecule has 0 heterocycles. The highest BCUT2D eigenvalue weighted by Gasteiger charge is 2.46. The zero-order chi connectivity index (χ0) is 17.9. The summed E-state index contributed by atoms with van der Waals surface area (Å²) in [6, 6.07) is 0.432. The van der Waals surface area contributed by atoms with Gasteiger partial charge >= 0.3 is 8.80 Å². The maximum absolute atomic E-state index is 11.4. The fourth-order valence-corrected chi connectivity index (χ4v) is 4.68. The molecule has 0 aromatic heterocycles. The van der Waals surface area contributed by atoms with Crippen molar-refractivity contribution in [1.82, 2.24) is 0 Å². The summed E-state index contributed by atoms with van der Waals surface area (Å²) in [5, 5.41) is 0. The van der Waals surface area contributed by atoms with Gasteiger partial charge in [-0.2, -0.15) is 0 Å². The molecule has 7 nitrogen and oxygen atoms in total. The number of ether oxygens (including phenoxy) is 3. The van der Waals surface area contributed by atoms with Crippen molar-refractivity contribution >= 4 is 14.6 Å². The fraction of sp³-hybridized carbons (Fsp3) is 0.800. The Labute approximate surface area is 140 Å². The zero-order valence-corrected chi connectivity index (χ0v) is 16.0. The Morgan fingerprint density at radius 3 is 1.65 bits per heavy atom. The molecule has 8 heteroatoms. The van der Waals surface area contributed by atoms with Crippen LogP contribution >= 0.6 is 0 Å². The van der Waals surface area contributed by atoms with Crippen LogP contribution in [0.5, 0.6) is 0 Å².